The van der Waals surface area contributed by atoms with Crippen LogP contribution in [0.25, 0.3) is 0 Å². The predicted molar refractivity (Wildman–Crippen MR) is 332 cm³/mol. The van der Waals surface area contributed by atoms with Crippen LogP contribution in [0, 0.1) is 5.41 Å². The summed E-state index contributed by atoms with van der Waals surface area (Å²) in [4.78, 5) is 107. The summed E-state index contributed by atoms with van der Waals surface area (Å²) in [5.41, 5.74) is -0.545. The second kappa shape index (κ2) is 59.1. The first kappa shape index (κ1) is 79.7. The van der Waals surface area contributed by atoms with Gasteiger partial charge in [-0.25, -0.2) is 0 Å². The van der Waals surface area contributed by atoms with Crippen LogP contribution in [0.2, 0.25) is 0 Å². The van der Waals surface area contributed by atoms with Crippen LogP contribution in [-0.4, -0.2) is 129 Å². The Morgan fingerprint density at radius 3 is 0.833 bits per heavy atom. The molecule has 488 valence electrons. The minimum absolute atomic E-state index is 0.0689. The lowest BCUT2D eigenvalue weighted by Crippen LogP contribution is -2.38. The van der Waals surface area contributed by atoms with Gasteiger partial charge in [0.1, 0.15) is 17.3 Å². The third-order valence-electron chi connectivity index (χ3n) is 15.4. The van der Waals surface area contributed by atoms with E-state index in [4.69, 9.17) is 24.4 Å². The van der Waals surface area contributed by atoms with Gasteiger partial charge in [-0.1, -0.05) is 135 Å². The fourth-order valence-electron chi connectivity index (χ4n) is 9.83. The van der Waals surface area contributed by atoms with E-state index >= 15 is 0 Å². The predicted octanol–water partition coefficient (Wildman–Crippen LogP) is 12.6. The standard InChI is InChI=1S/C66H120N4O14/c1-3-66(54-82-51-44-59(73)39-27-15-7-6-14-26-38-58(72)37-25-13-5-4-12-24-36-57(2)71,55-83-52-45-62(76)69-49-34-20-8-16-28-40-60(74)67-47-32-22-10-18-30-42-64(78)79)56-84-53-46-63(77)70-50-35-21-9-17-29-41-61(75)68-48-33-23-11-19-31-43-65(80)81/h3-56H2,1-2H3,(H,67,74)(H,68,75)(H,69,76)(H,70,77)(H,78,79)(H,80,81). The zero-order chi connectivity index (χ0) is 61.8. The lowest BCUT2D eigenvalue weighted by Gasteiger charge is -2.32. The van der Waals surface area contributed by atoms with E-state index in [9.17, 15) is 43.2 Å². The fraction of sp³-hybridized carbons (Fsp3) is 0.864. The summed E-state index contributed by atoms with van der Waals surface area (Å²) in [6.45, 7) is 7.74. The number of ketones is 3. The normalized spacial score (nSPS) is 11.4. The van der Waals surface area contributed by atoms with Gasteiger partial charge in [0.25, 0.3) is 0 Å². The maximum absolute atomic E-state index is 12.8. The molecule has 0 aliphatic heterocycles. The molecule has 0 saturated heterocycles. The summed E-state index contributed by atoms with van der Waals surface area (Å²) in [6, 6.07) is 0. The van der Waals surface area contributed by atoms with Crippen molar-refractivity contribution in [1.29, 1.82) is 0 Å². The SMILES string of the molecule is CCC(COCCC(=O)CCCCCCCCC(=O)CCCCCCCCC(C)=O)(COCCC(=O)NCCCCCCCC(=O)NCCCCCCCC(=O)O)COCCC(=O)NCCCCCCCC(=O)NCCCCCCCC(=O)O. The minimum Gasteiger partial charge on any atom is -0.481 e. The smallest absolute Gasteiger partial charge is 0.303 e. The lowest BCUT2D eigenvalue weighted by molar-refractivity contribution is -0.138. The molecule has 0 aromatic heterocycles. The van der Waals surface area contributed by atoms with Crippen molar-refractivity contribution in [2.24, 2.45) is 5.41 Å². The van der Waals surface area contributed by atoms with Gasteiger partial charge in [0.15, 0.2) is 0 Å². The van der Waals surface area contributed by atoms with Crippen molar-refractivity contribution >= 4 is 52.9 Å². The number of nitrogens with one attached hydrogen (secondary N) is 4. The highest BCUT2D eigenvalue weighted by Gasteiger charge is 2.30. The molecule has 0 aromatic carbocycles. The molecular formula is C66H120N4O14. The Labute approximate surface area is 507 Å². The highest BCUT2D eigenvalue weighted by atomic mass is 16.5. The van der Waals surface area contributed by atoms with Crippen molar-refractivity contribution in [2.75, 3.05) is 65.8 Å². The third-order valence-corrected chi connectivity index (χ3v) is 15.4. The average molecular weight is 1190 g/mol. The van der Waals surface area contributed by atoms with E-state index in [-0.39, 0.29) is 93.9 Å². The van der Waals surface area contributed by atoms with Crippen LogP contribution in [0.15, 0.2) is 0 Å². The largest absolute Gasteiger partial charge is 0.481 e. The van der Waals surface area contributed by atoms with Crippen LogP contribution < -0.4 is 21.3 Å². The maximum atomic E-state index is 12.8. The van der Waals surface area contributed by atoms with Crippen molar-refractivity contribution in [3.05, 3.63) is 0 Å². The molecule has 0 bridgehead atoms. The van der Waals surface area contributed by atoms with Gasteiger partial charge in [-0.2, -0.15) is 0 Å². The number of ether oxygens (including phenoxy) is 3. The number of Topliss-reactive ketones (excluding diaryl/α,β-unsaturated/α-hetero) is 3. The van der Waals surface area contributed by atoms with Gasteiger partial charge < -0.3 is 50.5 Å². The number of carboxylic acid groups (broad SMARTS) is 2. The fourth-order valence-corrected chi connectivity index (χ4v) is 9.83. The zero-order valence-electron chi connectivity index (χ0n) is 53.0. The van der Waals surface area contributed by atoms with Crippen LogP contribution in [0.3, 0.4) is 0 Å². The molecule has 0 aliphatic rings. The summed E-state index contributed by atoms with van der Waals surface area (Å²) in [7, 11) is 0. The lowest BCUT2D eigenvalue weighted by atomic mass is 9.88. The highest BCUT2D eigenvalue weighted by Crippen LogP contribution is 2.25. The van der Waals surface area contributed by atoms with Crippen molar-refractivity contribution in [2.45, 2.75) is 296 Å². The second-order valence-corrected chi connectivity index (χ2v) is 23.5. The van der Waals surface area contributed by atoms with Gasteiger partial charge >= 0.3 is 11.9 Å². The van der Waals surface area contributed by atoms with E-state index in [1.54, 1.807) is 6.92 Å². The van der Waals surface area contributed by atoms with Crippen molar-refractivity contribution in [3.63, 3.8) is 0 Å². The first-order chi connectivity index (χ1) is 40.7. The molecule has 0 radical (unpaired) electrons. The summed E-state index contributed by atoms with van der Waals surface area (Å²) < 4.78 is 18.3. The molecule has 0 atom stereocenters. The number of rotatable bonds is 66. The Balaban J connectivity index is 4.59. The van der Waals surface area contributed by atoms with E-state index < -0.39 is 17.4 Å². The van der Waals surface area contributed by atoms with Crippen LogP contribution in [0.1, 0.15) is 296 Å². The van der Waals surface area contributed by atoms with Gasteiger partial charge in [0.2, 0.25) is 23.6 Å². The molecule has 84 heavy (non-hydrogen) atoms. The molecule has 0 aromatic rings. The van der Waals surface area contributed by atoms with Crippen molar-refractivity contribution in [1.82, 2.24) is 21.3 Å². The van der Waals surface area contributed by atoms with Crippen LogP contribution >= 0.6 is 0 Å². The Morgan fingerprint density at radius 1 is 0.298 bits per heavy atom. The average Bonchev–Trinajstić information content (AvgIpc) is 3.49. The van der Waals surface area contributed by atoms with Gasteiger partial charge in [0, 0.05) is 102 Å². The Morgan fingerprint density at radius 2 is 0.536 bits per heavy atom. The monoisotopic (exact) mass is 1190 g/mol. The van der Waals surface area contributed by atoms with E-state index in [0.717, 1.165) is 193 Å². The Bertz CT molecular complexity index is 1520. The van der Waals surface area contributed by atoms with Gasteiger partial charge in [-0.3, -0.25) is 38.4 Å². The Hall–Kier alpha value is -4.29. The molecule has 4 amide bonds. The summed E-state index contributed by atoms with van der Waals surface area (Å²) in [5, 5.41) is 29.3. The summed E-state index contributed by atoms with van der Waals surface area (Å²) in [6.07, 6.45) is 35.7. The molecule has 0 fully saturated rings. The van der Waals surface area contributed by atoms with E-state index in [1.165, 1.54) is 0 Å². The van der Waals surface area contributed by atoms with Gasteiger partial charge in [0.05, 0.1) is 39.6 Å². The van der Waals surface area contributed by atoms with Crippen molar-refractivity contribution < 1.29 is 67.6 Å². The number of unbranched alkanes of at least 4 members (excludes halogenated alkanes) is 26. The number of carboxylic acids is 2. The van der Waals surface area contributed by atoms with E-state index in [1.807, 2.05) is 6.92 Å². The number of hydrogen-bond acceptors (Lipinski definition) is 12. The maximum Gasteiger partial charge on any atom is 0.303 e. The molecule has 0 unspecified atom stereocenters. The summed E-state index contributed by atoms with van der Waals surface area (Å²) >= 11 is 0. The molecule has 18 nitrogen and oxygen atoms in total. The molecular weight excluding hydrogens is 1070 g/mol. The molecule has 0 rings (SSSR count). The van der Waals surface area contributed by atoms with Crippen LogP contribution in [0.4, 0.5) is 0 Å². The van der Waals surface area contributed by atoms with Crippen LogP contribution in [-0.2, 0) is 57.4 Å². The molecule has 6 N–H and O–H groups in total. The second-order valence-electron chi connectivity index (χ2n) is 23.5. The number of amides is 4. The highest BCUT2D eigenvalue weighted by molar-refractivity contribution is 5.79. The molecule has 0 saturated carbocycles. The third kappa shape index (κ3) is 58.1. The molecule has 0 spiro atoms. The van der Waals surface area contributed by atoms with E-state index in [0.29, 0.717) is 103 Å². The minimum atomic E-state index is -0.756. The number of carbonyl (C=O) groups excluding carboxylic acids is 7. The van der Waals surface area contributed by atoms with E-state index in [2.05, 4.69) is 21.3 Å². The molecule has 18 heteroatoms. The topological polar surface area (TPSA) is 270 Å². The quantitative estimate of drug-likeness (QED) is 0.0309. The molecule has 0 aliphatic carbocycles. The number of aliphatic carboxylic acids is 2. The Kier molecular flexibility index (Phi) is 56.0. The van der Waals surface area contributed by atoms with Gasteiger partial charge in [-0.15, -0.1) is 0 Å². The zero-order valence-corrected chi connectivity index (χ0v) is 53.0. The van der Waals surface area contributed by atoms with Gasteiger partial charge in [-0.05, 0) is 90.4 Å². The number of carbonyl (C=O) groups is 9. The van der Waals surface area contributed by atoms with Crippen molar-refractivity contribution in [3.8, 4) is 0 Å². The first-order valence-electron chi connectivity index (χ1n) is 33.4. The molecule has 0 heterocycles. The van der Waals surface area contributed by atoms with Crippen LogP contribution in [0.5, 0.6) is 0 Å². The summed E-state index contributed by atoms with van der Waals surface area (Å²) in [5.74, 6) is -0.761. The first-order valence-corrected chi connectivity index (χ1v) is 33.4. The number of hydrogen-bond donors (Lipinski definition) is 6.